The Bertz CT molecular complexity index is 986. The summed E-state index contributed by atoms with van der Waals surface area (Å²) in [6.45, 7) is 3.47. The van der Waals surface area contributed by atoms with Crippen molar-refractivity contribution in [2.24, 2.45) is 0 Å². The van der Waals surface area contributed by atoms with Crippen LogP contribution in [0, 0.1) is 5.82 Å². The predicted molar refractivity (Wildman–Crippen MR) is 106 cm³/mol. The number of quaternary nitrogens is 1. The van der Waals surface area contributed by atoms with Crippen LogP contribution in [0.4, 0.5) is 4.39 Å². The van der Waals surface area contributed by atoms with E-state index in [1.165, 1.54) is 32.5 Å². The van der Waals surface area contributed by atoms with Gasteiger partial charge in [-0.3, -0.25) is 4.79 Å². The summed E-state index contributed by atoms with van der Waals surface area (Å²) < 4.78 is 39.9. The summed E-state index contributed by atoms with van der Waals surface area (Å²) in [4.78, 5) is 15.8. The number of nitrogens with zero attached hydrogens (tertiary/aromatic N) is 2. The number of piperazine rings is 1. The third kappa shape index (κ3) is 4.34. The van der Waals surface area contributed by atoms with Gasteiger partial charge in [0.1, 0.15) is 12.4 Å². The lowest BCUT2D eigenvalue weighted by atomic mass is 10.00. The summed E-state index contributed by atoms with van der Waals surface area (Å²) in [7, 11) is -3.67. The second kappa shape index (κ2) is 8.22. The van der Waals surface area contributed by atoms with Crippen molar-refractivity contribution >= 4 is 15.9 Å². The topological polar surface area (TPSA) is 62.1 Å². The highest BCUT2D eigenvalue weighted by Gasteiger charge is 2.31. The standard InChI is InChI=1S/C21H24FN3O3S/c22-19-5-7-20(8-6-19)29(27,28)25-13-11-24(12-14-25)21(26)16-23-10-9-17-3-1-2-4-18(17)15-23/h1-8H,9-16H2/p+1. The van der Waals surface area contributed by atoms with E-state index >= 15 is 0 Å². The van der Waals surface area contributed by atoms with E-state index in [0.29, 0.717) is 19.6 Å². The lowest BCUT2D eigenvalue weighted by molar-refractivity contribution is -0.908. The van der Waals surface area contributed by atoms with Crippen LogP contribution in [0.5, 0.6) is 0 Å². The maximum atomic E-state index is 13.1. The molecule has 1 N–H and O–H groups in total. The van der Waals surface area contributed by atoms with E-state index in [0.717, 1.165) is 31.6 Å². The van der Waals surface area contributed by atoms with E-state index in [-0.39, 0.29) is 23.9 Å². The summed E-state index contributed by atoms with van der Waals surface area (Å²) >= 11 is 0. The van der Waals surface area contributed by atoms with Crippen molar-refractivity contribution in [3.05, 3.63) is 65.5 Å². The van der Waals surface area contributed by atoms with Gasteiger partial charge in [0, 0.05) is 38.2 Å². The Labute approximate surface area is 170 Å². The molecule has 2 aliphatic heterocycles. The van der Waals surface area contributed by atoms with Crippen molar-refractivity contribution in [3.8, 4) is 0 Å². The second-order valence-corrected chi connectivity index (χ2v) is 9.55. The molecule has 1 atom stereocenters. The van der Waals surface area contributed by atoms with Crippen LogP contribution in [0.1, 0.15) is 11.1 Å². The Morgan fingerprint density at radius 3 is 2.31 bits per heavy atom. The van der Waals surface area contributed by atoms with Gasteiger partial charge in [0.05, 0.1) is 11.4 Å². The number of benzene rings is 2. The zero-order valence-electron chi connectivity index (χ0n) is 16.2. The predicted octanol–water partition coefficient (Wildman–Crippen LogP) is 0.300. The number of nitrogens with one attached hydrogen (secondary N) is 1. The molecule has 2 aliphatic rings. The average Bonchev–Trinajstić information content (AvgIpc) is 2.74. The van der Waals surface area contributed by atoms with E-state index in [4.69, 9.17) is 0 Å². The molecule has 0 aliphatic carbocycles. The molecule has 1 fully saturated rings. The lowest BCUT2D eigenvalue weighted by Gasteiger charge is -2.35. The first-order valence-electron chi connectivity index (χ1n) is 9.87. The smallest absolute Gasteiger partial charge is 0.277 e. The largest absolute Gasteiger partial charge is 0.335 e. The molecule has 2 heterocycles. The van der Waals surface area contributed by atoms with Gasteiger partial charge in [-0.15, -0.1) is 0 Å². The molecule has 29 heavy (non-hydrogen) atoms. The van der Waals surface area contributed by atoms with E-state index in [1.807, 2.05) is 6.07 Å². The van der Waals surface area contributed by atoms with Crippen LogP contribution in [0.15, 0.2) is 53.4 Å². The van der Waals surface area contributed by atoms with Crippen LogP contribution in [-0.4, -0.2) is 62.8 Å². The molecular formula is C21H25FN3O3S+. The first-order chi connectivity index (χ1) is 13.9. The molecule has 0 saturated carbocycles. The highest BCUT2D eigenvalue weighted by molar-refractivity contribution is 7.89. The average molecular weight is 419 g/mol. The highest BCUT2D eigenvalue weighted by atomic mass is 32.2. The minimum absolute atomic E-state index is 0.0678. The van der Waals surface area contributed by atoms with Crippen molar-refractivity contribution in [2.45, 2.75) is 17.9 Å². The van der Waals surface area contributed by atoms with Crippen LogP contribution < -0.4 is 4.90 Å². The van der Waals surface area contributed by atoms with Gasteiger partial charge in [0.25, 0.3) is 5.91 Å². The monoisotopic (exact) mass is 418 g/mol. The lowest BCUT2D eigenvalue weighted by Crippen LogP contribution is -3.12. The number of carbonyl (C=O) groups is 1. The van der Waals surface area contributed by atoms with Gasteiger partial charge in [-0.05, 0) is 29.8 Å². The molecule has 4 rings (SSSR count). The third-order valence-corrected chi connectivity index (χ3v) is 7.66. The van der Waals surface area contributed by atoms with Crippen molar-refractivity contribution in [1.29, 1.82) is 0 Å². The minimum Gasteiger partial charge on any atom is -0.335 e. The Kier molecular flexibility index (Phi) is 5.67. The molecule has 0 spiro atoms. The van der Waals surface area contributed by atoms with Crippen molar-refractivity contribution < 1.29 is 22.5 Å². The first kappa shape index (κ1) is 20.0. The molecule has 2 aromatic carbocycles. The molecule has 6 nitrogen and oxygen atoms in total. The van der Waals surface area contributed by atoms with Gasteiger partial charge in [-0.2, -0.15) is 4.31 Å². The fourth-order valence-corrected chi connectivity index (χ4v) is 5.48. The number of rotatable bonds is 4. The summed E-state index contributed by atoms with van der Waals surface area (Å²) in [5.41, 5.74) is 2.67. The normalized spacial score (nSPS) is 20.3. The quantitative estimate of drug-likeness (QED) is 0.777. The van der Waals surface area contributed by atoms with E-state index in [2.05, 4.69) is 18.2 Å². The van der Waals surface area contributed by atoms with E-state index in [9.17, 15) is 17.6 Å². The SMILES string of the molecule is O=C(C[NH+]1CCc2ccccc2C1)N1CCN(S(=O)(=O)c2ccc(F)cc2)CC1. The Hall–Kier alpha value is -2.29. The zero-order valence-corrected chi connectivity index (χ0v) is 17.0. The van der Waals surface area contributed by atoms with Crippen molar-refractivity contribution in [2.75, 3.05) is 39.3 Å². The van der Waals surface area contributed by atoms with Gasteiger partial charge in [0.15, 0.2) is 6.54 Å². The van der Waals surface area contributed by atoms with Crippen LogP contribution in [0.2, 0.25) is 0 Å². The number of amides is 1. The highest BCUT2D eigenvalue weighted by Crippen LogP contribution is 2.18. The molecule has 1 unspecified atom stereocenters. The van der Waals surface area contributed by atoms with Gasteiger partial charge in [0.2, 0.25) is 10.0 Å². The van der Waals surface area contributed by atoms with E-state index in [1.54, 1.807) is 4.90 Å². The molecule has 0 bridgehead atoms. The van der Waals surface area contributed by atoms with Crippen LogP contribution >= 0.6 is 0 Å². The maximum absolute atomic E-state index is 13.1. The number of fused-ring (bicyclic) bond motifs is 1. The van der Waals surface area contributed by atoms with Crippen LogP contribution in [-0.2, 0) is 27.8 Å². The van der Waals surface area contributed by atoms with Gasteiger partial charge in [-0.25, -0.2) is 12.8 Å². The fraction of sp³-hybridized carbons (Fsp3) is 0.381. The number of hydrogen-bond acceptors (Lipinski definition) is 3. The van der Waals surface area contributed by atoms with Crippen molar-refractivity contribution in [1.82, 2.24) is 9.21 Å². The summed E-state index contributed by atoms with van der Waals surface area (Å²) in [6.07, 6.45) is 0.975. The first-order valence-corrected chi connectivity index (χ1v) is 11.3. The second-order valence-electron chi connectivity index (χ2n) is 7.61. The Morgan fingerprint density at radius 1 is 0.966 bits per heavy atom. The van der Waals surface area contributed by atoms with E-state index < -0.39 is 15.8 Å². The molecule has 0 aromatic heterocycles. The zero-order chi connectivity index (χ0) is 20.4. The number of halogens is 1. The number of carbonyl (C=O) groups excluding carboxylic acids is 1. The number of hydrogen-bond donors (Lipinski definition) is 1. The molecule has 1 amide bonds. The summed E-state index contributed by atoms with van der Waals surface area (Å²) in [5.74, 6) is -0.402. The summed E-state index contributed by atoms with van der Waals surface area (Å²) in [5, 5.41) is 0. The Morgan fingerprint density at radius 2 is 1.62 bits per heavy atom. The molecule has 2 aromatic rings. The molecule has 154 valence electrons. The minimum atomic E-state index is -3.67. The van der Waals surface area contributed by atoms with Crippen molar-refractivity contribution in [3.63, 3.8) is 0 Å². The Balaban J connectivity index is 1.32. The molecular weight excluding hydrogens is 393 g/mol. The summed E-state index contributed by atoms with van der Waals surface area (Å²) in [6, 6.07) is 13.2. The number of sulfonamides is 1. The molecule has 8 heteroatoms. The van der Waals surface area contributed by atoms with Crippen LogP contribution in [0.25, 0.3) is 0 Å². The maximum Gasteiger partial charge on any atom is 0.277 e. The van der Waals surface area contributed by atoms with Gasteiger partial charge < -0.3 is 9.80 Å². The molecule has 1 saturated heterocycles. The van der Waals surface area contributed by atoms with Gasteiger partial charge >= 0.3 is 0 Å². The molecule has 0 radical (unpaired) electrons. The third-order valence-electron chi connectivity index (χ3n) is 5.75. The fourth-order valence-electron chi connectivity index (χ4n) is 4.05. The van der Waals surface area contributed by atoms with Gasteiger partial charge in [-0.1, -0.05) is 24.3 Å². The van der Waals surface area contributed by atoms with Crippen LogP contribution in [0.3, 0.4) is 0 Å².